The van der Waals surface area contributed by atoms with Gasteiger partial charge in [-0.1, -0.05) is 54.4 Å². The number of hydrogen-bond acceptors (Lipinski definition) is 1. The lowest BCUT2D eigenvalue weighted by Crippen LogP contribution is -1.81. The molecule has 0 spiro atoms. The molecule has 0 aliphatic heterocycles. The van der Waals surface area contributed by atoms with Crippen LogP contribution in [0.3, 0.4) is 0 Å². The average molecular weight is 269 g/mol. The molecule has 1 aromatic heterocycles. The normalized spacial score (nSPS) is 18.9. The minimum Gasteiger partial charge on any atom is -0.456 e. The van der Waals surface area contributed by atoms with Crippen LogP contribution in [0.4, 0.5) is 0 Å². The maximum Gasteiger partial charge on any atom is 0.136 e. The van der Waals surface area contributed by atoms with Gasteiger partial charge in [-0.05, 0) is 35.7 Å². The van der Waals surface area contributed by atoms with Gasteiger partial charge in [0.15, 0.2) is 0 Å². The molecule has 0 amide bonds. The Morgan fingerprint density at radius 2 is 1.60 bits per heavy atom. The van der Waals surface area contributed by atoms with Gasteiger partial charge in [-0.15, -0.1) is 0 Å². The molecule has 4 rings (SSSR count). The first-order valence-corrected chi connectivity index (χ1v) is 5.91. The van der Waals surface area contributed by atoms with E-state index < -0.39 is 54.4 Å². The molecule has 0 aliphatic rings. The monoisotopic (exact) mass is 269 g/mol. The molecule has 0 bridgehead atoms. The summed E-state index contributed by atoms with van der Waals surface area (Å²) in [6.07, 6.45) is 0. The van der Waals surface area contributed by atoms with Gasteiger partial charge in [-0.2, -0.15) is 0 Å². The number of para-hydroxylation sites is 1. The second-order valence-electron chi connectivity index (χ2n) is 4.26. The van der Waals surface area contributed by atoms with Crippen LogP contribution in [0.25, 0.3) is 33.1 Å². The van der Waals surface area contributed by atoms with Crippen molar-refractivity contribution in [2.24, 2.45) is 0 Å². The van der Waals surface area contributed by atoms with Crippen LogP contribution >= 0.6 is 0 Å². The quantitative estimate of drug-likeness (QED) is 0.441. The van der Waals surface area contributed by atoms with Crippen molar-refractivity contribution in [3.05, 3.63) is 72.0 Å². The van der Waals surface area contributed by atoms with Crippen molar-refractivity contribution < 1.29 is 19.5 Å². The third-order valence-corrected chi connectivity index (χ3v) is 2.95. The second-order valence-corrected chi connectivity index (χ2v) is 4.26. The topological polar surface area (TPSA) is 13.1 Å². The Kier molecular flexibility index (Phi) is 1.01. The van der Waals surface area contributed by atoms with E-state index in [1.165, 1.54) is 6.92 Å². The lowest BCUT2D eigenvalue weighted by molar-refractivity contribution is 0.668. The van der Waals surface area contributed by atoms with Crippen LogP contribution in [0, 0.1) is 6.92 Å². The van der Waals surface area contributed by atoms with E-state index in [1.54, 1.807) is 0 Å². The Balaban J connectivity index is 2.40. The van der Waals surface area contributed by atoms with Gasteiger partial charge in [0.1, 0.15) is 11.2 Å². The lowest BCUT2D eigenvalue weighted by Gasteiger charge is -2.05. The summed E-state index contributed by atoms with van der Waals surface area (Å²) in [4.78, 5) is 0. The molecule has 0 saturated carbocycles. The molecule has 3 aromatic carbocycles. The van der Waals surface area contributed by atoms with Crippen LogP contribution in [0.5, 0.6) is 0 Å². The molecule has 96 valence electrons. The van der Waals surface area contributed by atoms with Gasteiger partial charge in [0.05, 0.1) is 15.1 Å². The molecule has 0 atom stereocenters. The van der Waals surface area contributed by atoms with E-state index in [2.05, 4.69) is 0 Å². The Labute approximate surface area is 132 Å². The van der Waals surface area contributed by atoms with Gasteiger partial charge in [0, 0.05) is 10.8 Å². The zero-order valence-electron chi connectivity index (χ0n) is 21.4. The van der Waals surface area contributed by atoms with Gasteiger partial charge in [0.25, 0.3) is 0 Å². The molecule has 0 N–H and O–H groups in total. The van der Waals surface area contributed by atoms with Crippen molar-refractivity contribution in [1.82, 2.24) is 0 Å². The smallest absolute Gasteiger partial charge is 0.136 e. The molecule has 1 heterocycles. The van der Waals surface area contributed by atoms with Crippen LogP contribution in [-0.2, 0) is 0 Å². The Morgan fingerprint density at radius 3 is 2.45 bits per heavy atom. The maximum atomic E-state index is 8.59. The first kappa shape index (κ1) is 4.78. The van der Waals surface area contributed by atoms with Crippen LogP contribution < -0.4 is 0 Å². The van der Waals surface area contributed by atoms with E-state index in [0.29, 0.717) is 0 Å². The highest BCUT2D eigenvalue weighted by Crippen LogP contribution is 2.37. The molecule has 0 unspecified atom stereocenters. The zero-order valence-corrected chi connectivity index (χ0v) is 10.4. The predicted octanol–water partition coefficient (Wildman–Crippen LogP) is 5.56. The molecule has 0 aliphatic carbocycles. The van der Waals surface area contributed by atoms with E-state index in [0.717, 1.165) is 0 Å². The Bertz CT molecular complexity index is 1420. The largest absolute Gasteiger partial charge is 0.456 e. The van der Waals surface area contributed by atoms with Gasteiger partial charge < -0.3 is 4.42 Å². The fraction of sp³-hybridized carbons (Fsp3) is 0.0526. The second kappa shape index (κ2) is 4.24. The highest BCUT2D eigenvalue weighted by molar-refractivity contribution is 6.12. The summed E-state index contributed by atoms with van der Waals surface area (Å²) in [5.74, 6) is 0. The molecule has 4 aromatic rings. The Morgan fingerprint density at radius 1 is 0.850 bits per heavy atom. The summed E-state index contributed by atoms with van der Waals surface area (Å²) in [7, 11) is 0. The predicted molar refractivity (Wildman–Crippen MR) is 83.9 cm³/mol. The van der Waals surface area contributed by atoms with E-state index in [1.807, 2.05) is 0 Å². The minimum atomic E-state index is -0.606. The van der Waals surface area contributed by atoms with Crippen molar-refractivity contribution in [2.75, 3.05) is 0 Å². The summed E-state index contributed by atoms with van der Waals surface area (Å²) in [6.45, 7) is 1.45. The van der Waals surface area contributed by atoms with Crippen molar-refractivity contribution in [1.29, 1.82) is 0 Å². The number of fused-ring (bicyclic) bond motifs is 3. The molecular weight excluding hydrogens is 244 g/mol. The third kappa shape index (κ3) is 1.64. The highest BCUT2D eigenvalue weighted by Gasteiger charge is 2.12. The van der Waals surface area contributed by atoms with Gasteiger partial charge in [-0.3, -0.25) is 0 Å². The SMILES string of the molecule is [2H]c1c([2H])c([2H])c(-c2c([2H])c(C)c([2H])c3oc4c([2H])c([2H])c([2H])c([2H])c4c23)c([2H])c1[2H]. The zero-order chi connectivity index (χ0) is 23.1. The van der Waals surface area contributed by atoms with Crippen molar-refractivity contribution in [3.63, 3.8) is 0 Å². The maximum absolute atomic E-state index is 8.59. The summed E-state index contributed by atoms with van der Waals surface area (Å²) in [5, 5.41) is -0.161. The first-order valence-electron chi connectivity index (χ1n) is 11.4. The van der Waals surface area contributed by atoms with Gasteiger partial charge >= 0.3 is 0 Å². The molecule has 20 heavy (non-hydrogen) atoms. The number of hydrogen-bond donors (Lipinski definition) is 0. The number of rotatable bonds is 1. The van der Waals surface area contributed by atoms with Gasteiger partial charge in [0.2, 0.25) is 0 Å². The van der Waals surface area contributed by atoms with Crippen molar-refractivity contribution in [2.45, 2.75) is 6.92 Å². The number of benzene rings is 3. The van der Waals surface area contributed by atoms with E-state index in [-0.39, 0.29) is 50.7 Å². The average Bonchev–Trinajstić information content (AvgIpc) is 3.14. The fourth-order valence-corrected chi connectivity index (χ4v) is 2.16. The van der Waals surface area contributed by atoms with Crippen molar-refractivity contribution in [3.8, 4) is 11.1 Å². The van der Waals surface area contributed by atoms with E-state index >= 15 is 0 Å². The molecule has 0 saturated heterocycles. The summed E-state index contributed by atoms with van der Waals surface area (Å²) < 4.78 is 95.4. The van der Waals surface area contributed by atoms with Crippen molar-refractivity contribution >= 4 is 21.9 Å². The molecule has 1 nitrogen and oxygen atoms in total. The third-order valence-electron chi connectivity index (χ3n) is 2.95. The fourth-order valence-electron chi connectivity index (χ4n) is 2.16. The molecule has 0 radical (unpaired) electrons. The Hall–Kier alpha value is -2.54. The summed E-state index contributed by atoms with van der Waals surface area (Å²) >= 11 is 0. The standard InChI is InChI=1S/C19H14O/c1-13-11-16(14-7-3-2-4-8-14)19-15-9-5-6-10-17(15)20-18(19)12-13/h2-12H,1H3/i2D,3D,4D,5D,6D,7D,8D,9D,10D,11D,12D. The van der Waals surface area contributed by atoms with Crippen LogP contribution in [0.2, 0.25) is 0 Å². The number of furan rings is 1. The minimum absolute atomic E-state index is 0.0545. The van der Waals surface area contributed by atoms with Crippen LogP contribution in [0.15, 0.2) is 70.9 Å². The van der Waals surface area contributed by atoms with E-state index in [4.69, 9.17) is 19.5 Å². The van der Waals surface area contributed by atoms with E-state index in [9.17, 15) is 0 Å². The highest BCUT2D eigenvalue weighted by atomic mass is 16.3. The van der Waals surface area contributed by atoms with Gasteiger partial charge in [-0.25, -0.2) is 0 Å². The van der Waals surface area contributed by atoms with Crippen LogP contribution in [-0.4, -0.2) is 0 Å². The molecule has 1 heteroatoms. The molecule has 0 fully saturated rings. The lowest BCUT2D eigenvalue weighted by atomic mass is 9.97. The van der Waals surface area contributed by atoms with Crippen LogP contribution in [0.1, 0.15) is 20.6 Å². The summed E-state index contributed by atoms with van der Waals surface area (Å²) in [5.41, 5.74) is -0.683. The summed E-state index contributed by atoms with van der Waals surface area (Å²) in [6, 6.07) is -5.46. The molecular formula is C19H14O. The first-order chi connectivity index (χ1) is 14.4.